The molecule has 2 heterocycles. The molecule has 13 heavy (non-hydrogen) atoms. The first-order valence-electron chi connectivity index (χ1n) is 4.69. The highest BCUT2D eigenvalue weighted by molar-refractivity contribution is 5.09. The van der Waals surface area contributed by atoms with E-state index >= 15 is 0 Å². The van der Waals surface area contributed by atoms with E-state index in [1.54, 1.807) is 0 Å². The fourth-order valence-electron chi connectivity index (χ4n) is 1.68. The number of rotatable bonds is 1. The summed E-state index contributed by atoms with van der Waals surface area (Å²) in [5, 5.41) is 3.46. The smallest absolute Gasteiger partial charge is 0.0624 e. The molecule has 0 spiro atoms. The van der Waals surface area contributed by atoms with Gasteiger partial charge in [0.15, 0.2) is 0 Å². The van der Waals surface area contributed by atoms with E-state index in [-0.39, 0.29) is 0 Å². The summed E-state index contributed by atoms with van der Waals surface area (Å²) in [5.74, 6) is 0. The van der Waals surface area contributed by atoms with E-state index < -0.39 is 0 Å². The number of hydrogen-bond donors (Lipinski definition) is 1. The zero-order valence-electron chi connectivity index (χ0n) is 7.90. The van der Waals surface area contributed by atoms with E-state index in [2.05, 4.69) is 28.3 Å². The largest absolute Gasteiger partial charge is 0.306 e. The highest BCUT2D eigenvalue weighted by Gasteiger charge is 2.18. The Hall–Kier alpha value is -0.930. The van der Waals surface area contributed by atoms with Gasteiger partial charge < -0.3 is 10.2 Å². The van der Waals surface area contributed by atoms with E-state index in [0.29, 0.717) is 6.04 Å². The maximum absolute atomic E-state index is 4.35. The third-order valence-corrected chi connectivity index (χ3v) is 2.42. The van der Waals surface area contributed by atoms with E-state index in [0.717, 1.165) is 25.3 Å². The Morgan fingerprint density at radius 2 is 2.46 bits per heavy atom. The molecule has 1 fully saturated rings. The molecule has 0 amide bonds. The van der Waals surface area contributed by atoms with Gasteiger partial charge in [0, 0.05) is 25.8 Å². The highest BCUT2D eigenvalue weighted by Crippen LogP contribution is 2.12. The van der Waals surface area contributed by atoms with Crippen molar-refractivity contribution in [3.05, 3.63) is 30.1 Å². The fourth-order valence-corrected chi connectivity index (χ4v) is 1.68. The quantitative estimate of drug-likeness (QED) is 0.683. The van der Waals surface area contributed by atoms with E-state index in [1.165, 1.54) is 0 Å². The molecule has 0 bridgehead atoms. The maximum atomic E-state index is 4.35. The monoisotopic (exact) mass is 177 g/mol. The summed E-state index contributed by atoms with van der Waals surface area (Å²) in [4.78, 5) is 6.68. The molecule has 1 atom stereocenters. The highest BCUT2D eigenvalue weighted by atomic mass is 15.2. The average molecular weight is 177 g/mol. The molecular weight excluding hydrogens is 162 g/mol. The SMILES string of the molecule is CN1CCNC(c2ccccn2)C1. The Bertz CT molecular complexity index is 260. The number of hydrogen-bond acceptors (Lipinski definition) is 3. The lowest BCUT2D eigenvalue weighted by molar-refractivity contribution is 0.238. The van der Waals surface area contributed by atoms with E-state index in [4.69, 9.17) is 0 Å². The van der Waals surface area contributed by atoms with E-state index in [1.807, 2.05) is 18.3 Å². The van der Waals surface area contributed by atoms with Crippen LogP contribution in [0.3, 0.4) is 0 Å². The van der Waals surface area contributed by atoms with Gasteiger partial charge in [0.2, 0.25) is 0 Å². The van der Waals surface area contributed by atoms with Crippen LogP contribution in [0, 0.1) is 0 Å². The second-order valence-electron chi connectivity index (χ2n) is 3.52. The summed E-state index contributed by atoms with van der Waals surface area (Å²) in [6.45, 7) is 3.23. The molecule has 1 N–H and O–H groups in total. The normalized spacial score (nSPS) is 24.5. The Morgan fingerprint density at radius 3 is 3.15 bits per heavy atom. The molecule has 3 nitrogen and oxygen atoms in total. The van der Waals surface area contributed by atoms with Crippen LogP contribution in [0.4, 0.5) is 0 Å². The van der Waals surface area contributed by atoms with Crippen molar-refractivity contribution in [2.75, 3.05) is 26.7 Å². The van der Waals surface area contributed by atoms with Crippen molar-refractivity contribution in [3.8, 4) is 0 Å². The molecule has 1 aliphatic rings. The predicted molar refractivity (Wildman–Crippen MR) is 52.5 cm³/mol. The molecule has 1 unspecified atom stereocenters. The minimum atomic E-state index is 0.403. The van der Waals surface area contributed by atoms with Crippen LogP contribution in [0.5, 0.6) is 0 Å². The third kappa shape index (κ3) is 2.05. The van der Waals surface area contributed by atoms with Gasteiger partial charge in [0.1, 0.15) is 0 Å². The number of nitrogens with one attached hydrogen (secondary N) is 1. The van der Waals surface area contributed by atoms with Crippen LogP contribution in [0.15, 0.2) is 24.4 Å². The average Bonchev–Trinajstić information content (AvgIpc) is 2.19. The number of nitrogens with zero attached hydrogens (tertiary/aromatic N) is 2. The first-order valence-corrected chi connectivity index (χ1v) is 4.69. The van der Waals surface area contributed by atoms with E-state index in [9.17, 15) is 0 Å². The summed E-state index contributed by atoms with van der Waals surface area (Å²) in [6.07, 6.45) is 1.85. The molecule has 1 aromatic heterocycles. The number of pyridine rings is 1. The minimum absolute atomic E-state index is 0.403. The van der Waals surface area contributed by atoms with Gasteiger partial charge in [-0.1, -0.05) is 6.07 Å². The summed E-state index contributed by atoms with van der Waals surface area (Å²) in [6, 6.07) is 6.48. The van der Waals surface area contributed by atoms with Crippen LogP contribution >= 0.6 is 0 Å². The number of aromatic nitrogens is 1. The topological polar surface area (TPSA) is 28.2 Å². The summed E-state index contributed by atoms with van der Waals surface area (Å²) in [5.41, 5.74) is 1.15. The van der Waals surface area contributed by atoms with Gasteiger partial charge in [-0.15, -0.1) is 0 Å². The lowest BCUT2D eigenvalue weighted by Crippen LogP contribution is -2.43. The van der Waals surface area contributed by atoms with Gasteiger partial charge in [0.05, 0.1) is 11.7 Å². The summed E-state index contributed by atoms with van der Waals surface area (Å²) in [7, 11) is 2.15. The van der Waals surface area contributed by atoms with Crippen molar-refractivity contribution in [2.24, 2.45) is 0 Å². The molecule has 1 aromatic rings. The summed E-state index contributed by atoms with van der Waals surface area (Å²) >= 11 is 0. The van der Waals surface area contributed by atoms with Gasteiger partial charge in [-0.05, 0) is 19.2 Å². The zero-order chi connectivity index (χ0) is 9.10. The van der Waals surface area contributed by atoms with Gasteiger partial charge >= 0.3 is 0 Å². The van der Waals surface area contributed by atoms with Gasteiger partial charge in [-0.2, -0.15) is 0 Å². The first-order chi connectivity index (χ1) is 6.36. The Kier molecular flexibility index (Phi) is 2.57. The molecule has 0 aliphatic carbocycles. The molecule has 70 valence electrons. The molecular formula is C10H15N3. The van der Waals surface area contributed by atoms with Crippen LogP contribution in [-0.2, 0) is 0 Å². The van der Waals surface area contributed by atoms with Crippen LogP contribution in [0.1, 0.15) is 11.7 Å². The second kappa shape index (κ2) is 3.85. The van der Waals surface area contributed by atoms with Crippen LogP contribution in [0.25, 0.3) is 0 Å². The Morgan fingerprint density at radius 1 is 1.54 bits per heavy atom. The van der Waals surface area contributed by atoms with Crippen LogP contribution in [0.2, 0.25) is 0 Å². The van der Waals surface area contributed by atoms with Crippen molar-refractivity contribution in [3.63, 3.8) is 0 Å². The van der Waals surface area contributed by atoms with Crippen molar-refractivity contribution in [2.45, 2.75) is 6.04 Å². The minimum Gasteiger partial charge on any atom is -0.306 e. The third-order valence-electron chi connectivity index (χ3n) is 2.42. The molecule has 1 saturated heterocycles. The zero-order valence-corrected chi connectivity index (χ0v) is 7.90. The van der Waals surface area contributed by atoms with Crippen molar-refractivity contribution < 1.29 is 0 Å². The van der Waals surface area contributed by atoms with Crippen LogP contribution < -0.4 is 5.32 Å². The van der Waals surface area contributed by atoms with Gasteiger partial charge in [-0.3, -0.25) is 4.98 Å². The first kappa shape index (κ1) is 8.66. The molecule has 0 saturated carbocycles. The number of piperazine rings is 1. The Labute approximate surface area is 78.8 Å². The number of likely N-dealkylation sites (N-methyl/N-ethyl adjacent to an activating group) is 1. The van der Waals surface area contributed by atoms with Crippen molar-refractivity contribution >= 4 is 0 Å². The fraction of sp³-hybridized carbons (Fsp3) is 0.500. The molecule has 0 aromatic carbocycles. The lowest BCUT2D eigenvalue weighted by atomic mass is 10.1. The van der Waals surface area contributed by atoms with Gasteiger partial charge in [0.25, 0.3) is 0 Å². The molecule has 0 radical (unpaired) electrons. The molecule has 1 aliphatic heterocycles. The summed E-state index contributed by atoms with van der Waals surface area (Å²) < 4.78 is 0. The maximum Gasteiger partial charge on any atom is 0.0624 e. The second-order valence-corrected chi connectivity index (χ2v) is 3.52. The van der Waals surface area contributed by atoms with Crippen molar-refractivity contribution in [1.82, 2.24) is 15.2 Å². The predicted octanol–water partition coefficient (Wildman–Crippen LogP) is 0.658. The van der Waals surface area contributed by atoms with Crippen LogP contribution in [-0.4, -0.2) is 36.6 Å². The Balaban J connectivity index is 2.08. The molecule has 2 rings (SSSR count). The van der Waals surface area contributed by atoms with Gasteiger partial charge in [-0.25, -0.2) is 0 Å². The standard InChI is InChI=1S/C10H15N3/c1-13-7-6-12-10(8-13)9-4-2-3-5-11-9/h2-5,10,12H,6-8H2,1H3. The lowest BCUT2D eigenvalue weighted by Gasteiger charge is -2.30. The van der Waals surface area contributed by atoms with Crippen molar-refractivity contribution in [1.29, 1.82) is 0 Å². The molecule has 3 heteroatoms.